The predicted octanol–water partition coefficient (Wildman–Crippen LogP) is 4.39. The Bertz CT molecular complexity index is 792. The zero-order chi connectivity index (χ0) is 18.0. The molecule has 0 spiro atoms. The second-order valence-electron chi connectivity index (χ2n) is 5.81. The lowest BCUT2D eigenvalue weighted by Crippen LogP contribution is -2.42. The highest BCUT2D eigenvalue weighted by Gasteiger charge is 2.26. The van der Waals surface area contributed by atoms with Crippen LogP contribution in [0, 0.1) is 21.0 Å². The highest BCUT2D eigenvalue weighted by molar-refractivity contribution is 14.1. The Kier molecular flexibility index (Phi) is 5.51. The molecule has 25 heavy (non-hydrogen) atoms. The number of piperidine rings is 1. The average molecular weight is 461 g/mol. The van der Waals surface area contributed by atoms with Crippen LogP contribution in [-0.2, 0) is 0 Å². The van der Waals surface area contributed by atoms with E-state index in [1.807, 2.05) is 22.6 Å². The van der Waals surface area contributed by atoms with Gasteiger partial charge in [-0.05, 0) is 52.9 Å². The molecule has 0 radical (unpaired) electrons. The maximum absolute atomic E-state index is 13.6. The molecule has 132 valence electrons. The molecule has 0 aliphatic carbocycles. The van der Waals surface area contributed by atoms with Crippen molar-refractivity contribution in [3.8, 4) is 5.75 Å². The van der Waals surface area contributed by atoms with E-state index < -0.39 is 11.6 Å². The van der Waals surface area contributed by atoms with Gasteiger partial charge in [0.1, 0.15) is 17.7 Å². The van der Waals surface area contributed by atoms with Crippen molar-refractivity contribution < 1.29 is 22.7 Å². The van der Waals surface area contributed by atoms with E-state index in [2.05, 4.69) is 0 Å². The summed E-state index contributed by atoms with van der Waals surface area (Å²) in [7, 11) is 0. The monoisotopic (exact) mass is 461 g/mol. The first kappa shape index (κ1) is 18.0. The maximum atomic E-state index is 13.6. The van der Waals surface area contributed by atoms with Gasteiger partial charge in [0.25, 0.3) is 5.91 Å². The smallest absolute Gasteiger partial charge is 0.254 e. The van der Waals surface area contributed by atoms with E-state index in [1.54, 1.807) is 4.90 Å². The second kappa shape index (κ2) is 7.63. The first-order valence-corrected chi connectivity index (χ1v) is 8.88. The summed E-state index contributed by atoms with van der Waals surface area (Å²) >= 11 is 1.94. The molecule has 1 aliphatic rings. The number of nitrogens with zero attached hydrogens (tertiary/aromatic N) is 1. The molecular weight excluding hydrogens is 446 g/mol. The fraction of sp³-hybridized carbons (Fsp3) is 0.278. The molecule has 0 unspecified atom stereocenters. The topological polar surface area (TPSA) is 29.5 Å². The van der Waals surface area contributed by atoms with Crippen LogP contribution < -0.4 is 4.74 Å². The Balaban J connectivity index is 1.60. The summed E-state index contributed by atoms with van der Waals surface area (Å²) in [6, 6.07) is 7.26. The molecule has 1 heterocycles. The van der Waals surface area contributed by atoms with Gasteiger partial charge in [-0.2, -0.15) is 0 Å². The van der Waals surface area contributed by atoms with Gasteiger partial charge in [0.15, 0.2) is 11.6 Å². The highest BCUT2D eigenvalue weighted by Crippen LogP contribution is 2.24. The Labute approximate surface area is 156 Å². The van der Waals surface area contributed by atoms with Gasteiger partial charge in [-0.25, -0.2) is 13.2 Å². The molecule has 3 nitrogen and oxygen atoms in total. The van der Waals surface area contributed by atoms with Crippen LogP contribution in [0.4, 0.5) is 13.2 Å². The number of amides is 1. The molecule has 2 aromatic rings. The van der Waals surface area contributed by atoms with Gasteiger partial charge in [0.05, 0.1) is 5.56 Å². The fourth-order valence-electron chi connectivity index (χ4n) is 2.76. The van der Waals surface area contributed by atoms with Crippen LogP contribution in [0.2, 0.25) is 0 Å². The predicted molar refractivity (Wildman–Crippen MR) is 95.0 cm³/mol. The summed E-state index contributed by atoms with van der Waals surface area (Å²) in [5, 5.41) is 0. The third-order valence-electron chi connectivity index (χ3n) is 4.08. The van der Waals surface area contributed by atoms with Crippen LogP contribution in [0.25, 0.3) is 0 Å². The Morgan fingerprint density at radius 2 is 1.68 bits per heavy atom. The maximum Gasteiger partial charge on any atom is 0.254 e. The van der Waals surface area contributed by atoms with Gasteiger partial charge in [-0.15, -0.1) is 0 Å². The number of carbonyl (C=O) groups is 1. The summed E-state index contributed by atoms with van der Waals surface area (Å²) in [6.45, 7) is 0.916. The van der Waals surface area contributed by atoms with Crippen molar-refractivity contribution in [2.24, 2.45) is 0 Å². The third kappa shape index (κ3) is 4.26. The molecule has 7 heteroatoms. The largest absolute Gasteiger partial charge is 0.487 e. The zero-order valence-electron chi connectivity index (χ0n) is 13.1. The van der Waals surface area contributed by atoms with Gasteiger partial charge in [-0.3, -0.25) is 4.79 Å². The molecule has 1 aliphatic heterocycles. The van der Waals surface area contributed by atoms with Gasteiger partial charge in [0.2, 0.25) is 0 Å². The summed E-state index contributed by atoms with van der Waals surface area (Å²) in [6.07, 6.45) is 0.844. The number of likely N-dealkylation sites (tertiary alicyclic amines) is 1. The average Bonchev–Trinajstić information content (AvgIpc) is 2.57. The van der Waals surface area contributed by atoms with Crippen molar-refractivity contribution in [2.45, 2.75) is 18.9 Å². The number of rotatable bonds is 3. The van der Waals surface area contributed by atoms with Crippen LogP contribution in [-0.4, -0.2) is 30.0 Å². The minimum atomic E-state index is -0.737. The molecule has 0 aromatic heterocycles. The molecule has 0 bridgehead atoms. The number of ether oxygens (including phenoxy) is 1. The Morgan fingerprint density at radius 3 is 2.32 bits per heavy atom. The third-order valence-corrected chi connectivity index (χ3v) is 4.97. The normalized spacial score (nSPS) is 15.3. The standard InChI is InChI=1S/C18H15F3INO2/c19-11-2-4-17(15(21)9-11)25-13-5-7-23(8-6-13)18(24)14-3-1-12(20)10-16(14)22/h1-4,9-10,13H,5-8H2. The lowest BCUT2D eigenvalue weighted by atomic mass is 10.1. The van der Waals surface area contributed by atoms with E-state index in [9.17, 15) is 18.0 Å². The van der Waals surface area contributed by atoms with Gasteiger partial charge < -0.3 is 9.64 Å². The molecule has 0 atom stereocenters. The minimum absolute atomic E-state index is 0.0132. The first-order valence-electron chi connectivity index (χ1n) is 7.80. The molecule has 3 rings (SSSR count). The van der Waals surface area contributed by atoms with E-state index in [4.69, 9.17) is 4.74 Å². The van der Waals surface area contributed by atoms with Crippen molar-refractivity contribution >= 4 is 28.5 Å². The summed E-state index contributed by atoms with van der Waals surface area (Å²) < 4.78 is 45.9. The van der Waals surface area contributed by atoms with E-state index >= 15 is 0 Å². The van der Waals surface area contributed by atoms with Crippen LogP contribution in [0.1, 0.15) is 23.2 Å². The molecule has 0 N–H and O–H groups in total. The van der Waals surface area contributed by atoms with Gasteiger partial charge in [0, 0.05) is 35.6 Å². The summed E-state index contributed by atoms with van der Waals surface area (Å²) in [4.78, 5) is 14.2. The quantitative estimate of drug-likeness (QED) is 0.635. The van der Waals surface area contributed by atoms with Crippen molar-refractivity contribution in [3.05, 3.63) is 63.0 Å². The fourth-order valence-corrected chi connectivity index (χ4v) is 3.47. The number of carbonyl (C=O) groups excluding carboxylic acids is 1. The van der Waals surface area contributed by atoms with E-state index in [0.29, 0.717) is 35.1 Å². The number of halogens is 4. The van der Waals surface area contributed by atoms with Crippen LogP contribution in [0.15, 0.2) is 36.4 Å². The zero-order valence-corrected chi connectivity index (χ0v) is 15.3. The first-order chi connectivity index (χ1) is 11.9. The highest BCUT2D eigenvalue weighted by atomic mass is 127. The summed E-state index contributed by atoms with van der Waals surface area (Å²) in [5.41, 5.74) is 0.464. The van der Waals surface area contributed by atoms with E-state index in [-0.39, 0.29) is 23.6 Å². The van der Waals surface area contributed by atoms with Gasteiger partial charge in [-0.1, -0.05) is 0 Å². The summed E-state index contributed by atoms with van der Waals surface area (Å²) in [5.74, 6) is -1.91. The molecule has 1 fully saturated rings. The van der Waals surface area contributed by atoms with Crippen LogP contribution in [0.5, 0.6) is 5.75 Å². The molecule has 1 saturated heterocycles. The van der Waals surface area contributed by atoms with Crippen molar-refractivity contribution in [1.82, 2.24) is 4.90 Å². The number of hydrogen-bond donors (Lipinski definition) is 0. The Hall–Kier alpha value is -1.77. The van der Waals surface area contributed by atoms with E-state index in [1.165, 1.54) is 24.3 Å². The Morgan fingerprint density at radius 1 is 1.04 bits per heavy atom. The van der Waals surface area contributed by atoms with Crippen molar-refractivity contribution in [1.29, 1.82) is 0 Å². The molecule has 1 amide bonds. The van der Waals surface area contributed by atoms with Crippen molar-refractivity contribution in [3.63, 3.8) is 0 Å². The lowest BCUT2D eigenvalue weighted by molar-refractivity contribution is 0.0587. The minimum Gasteiger partial charge on any atom is -0.487 e. The lowest BCUT2D eigenvalue weighted by Gasteiger charge is -2.32. The second-order valence-corrected chi connectivity index (χ2v) is 6.97. The van der Waals surface area contributed by atoms with Crippen LogP contribution in [0.3, 0.4) is 0 Å². The number of hydrogen-bond acceptors (Lipinski definition) is 2. The van der Waals surface area contributed by atoms with Gasteiger partial charge >= 0.3 is 0 Å². The number of benzene rings is 2. The molecule has 2 aromatic carbocycles. The SMILES string of the molecule is O=C(c1ccc(F)cc1I)N1CCC(Oc2ccc(F)cc2F)CC1. The van der Waals surface area contributed by atoms with E-state index in [0.717, 1.165) is 12.1 Å². The molecule has 0 saturated carbocycles. The van der Waals surface area contributed by atoms with Crippen LogP contribution >= 0.6 is 22.6 Å². The molecular formula is C18H15F3INO2. The van der Waals surface area contributed by atoms with Crippen molar-refractivity contribution in [2.75, 3.05) is 13.1 Å².